The lowest BCUT2D eigenvalue weighted by molar-refractivity contribution is -0.384. The number of rotatable bonds is 7. The second-order valence-electron chi connectivity index (χ2n) is 6.10. The van der Waals surface area contributed by atoms with Crippen LogP contribution in [0.3, 0.4) is 0 Å². The summed E-state index contributed by atoms with van der Waals surface area (Å²) in [6.45, 7) is -0.658. The van der Waals surface area contributed by atoms with Crippen LogP contribution in [0.25, 0.3) is 11.0 Å². The summed E-state index contributed by atoms with van der Waals surface area (Å²) in [7, 11) is 1.48. The number of ether oxygens (including phenoxy) is 2. The van der Waals surface area contributed by atoms with Crippen LogP contribution < -0.4 is 15.7 Å². The van der Waals surface area contributed by atoms with Gasteiger partial charge >= 0.3 is 11.6 Å². The summed E-state index contributed by atoms with van der Waals surface area (Å²) in [5.41, 5.74) is -0.0934. The highest BCUT2D eigenvalue weighted by molar-refractivity contribution is 5.96. The Morgan fingerprint density at radius 3 is 2.70 bits per heavy atom. The third-order valence-electron chi connectivity index (χ3n) is 4.14. The van der Waals surface area contributed by atoms with Gasteiger partial charge in [0.2, 0.25) is 0 Å². The fourth-order valence-corrected chi connectivity index (χ4v) is 2.68. The highest BCUT2D eigenvalue weighted by Crippen LogP contribution is 2.23. The van der Waals surface area contributed by atoms with E-state index in [0.29, 0.717) is 16.7 Å². The van der Waals surface area contributed by atoms with Crippen molar-refractivity contribution in [3.05, 3.63) is 80.2 Å². The number of hydrogen-bond acceptors (Lipinski definition) is 8. The van der Waals surface area contributed by atoms with E-state index < -0.39 is 29.0 Å². The number of fused-ring (bicyclic) bond motifs is 1. The predicted molar refractivity (Wildman–Crippen MR) is 104 cm³/mol. The monoisotopic (exact) mass is 412 g/mol. The average Bonchev–Trinajstić information content (AvgIpc) is 2.75. The maximum atomic E-state index is 12.1. The van der Waals surface area contributed by atoms with Crippen LogP contribution in [-0.2, 0) is 16.1 Å². The lowest BCUT2D eigenvalue weighted by atomic mass is 10.1. The highest BCUT2D eigenvalue weighted by atomic mass is 16.6. The molecule has 0 saturated carbocycles. The first-order chi connectivity index (χ1) is 14.4. The van der Waals surface area contributed by atoms with Gasteiger partial charge in [0, 0.05) is 40.8 Å². The zero-order valence-corrected chi connectivity index (χ0v) is 15.7. The third-order valence-corrected chi connectivity index (χ3v) is 4.14. The van der Waals surface area contributed by atoms with Crippen LogP contribution in [0.1, 0.15) is 15.9 Å². The number of carbonyl (C=O) groups excluding carboxylic acids is 2. The van der Waals surface area contributed by atoms with E-state index in [1.165, 1.54) is 31.4 Å². The summed E-state index contributed by atoms with van der Waals surface area (Å²) >= 11 is 0. The summed E-state index contributed by atoms with van der Waals surface area (Å²) in [6, 6.07) is 11.2. The minimum atomic E-state index is -0.747. The molecule has 0 bridgehead atoms. The van der Waals surface area contributed by atoms with Gasteiger partial charge in [-0.2, -0.15) is 0 Å². The van der Waals surface area contributed by atoms with Gasteiger partial charge in [0.1, 0.15) is 24.5 Å². The number of nitrogens with zero attached hydrogens (tertiary/aromatic N) is 1. The maximum Gasteiger partial charge on any atom is 0.336 e. The lowest BCUT2D eigenvalue weighted by Gasteiger charge is -2.09. The Hall–Kier alpha value is -4.21. The van der Waals surface area contributed by atoms with Gasteiger partial charge in [0.15, 0.2) is 0 Å². The normalized spacial score (nSPS) is 10.4. The average molecular weight is 412 g/mol. The maximum absolute atomic E-state index is 12.1. The molecular weight excluding hydrogens is 396 g/mol. The fourth-order valence-electron chi connectivity index (χ4n) is 2.68. The van der Waals surface area contributed by atoms with E-state index >= 15 is 0 Å². The molecule has 10 heteroatoms. The van der Waals surface area contributed by atoms with Crippen LogP contribution in [0.4, 0.5) is 5.69 Å². The number of nitrogens with one attached hydrogen (secondary N) is 1. The van der Waals surface area contributed by atoms with Crippen LogP contribution >= 0.6 is 0 Å². The van der Waals surface area contributed by atoms with Crippen LogP contribution in [0, 0.1) is 10.1 Å². The number of benzene rings is 2. The second-order valence-corrected chi connectivity index (χ2v) is 6.10. The van der Waals surface area contributed by atoms with Crippen LogP contribution in [-0.4, -0.2) is 30.5 Å². The zero-order valence-electron chi connectivity index (χ0n) is 15.7. The molecule has 0 aliphatic heterocycles. The zero-order chi connectivity index (χ0) is 21.7. The van der Waals surface area contributed by atoms with E-state index in [9.17, 15) is 24.5 Å². The first-order valence-corrected chi connectivity index (χ1v) is 8.66. The molecule has 0 radical (unpaired) electrons. The molecule has 1 aromatic heterocycles. The van der Waals surface area contributed by atoms with E-state index in [1.807, 2.05) is 0 Å². The molecule has 30 heavy (non-hydrogen) atoms. The van der Waals surface area contributed by atoms with E-state index in [4.69, 9.17) is 13.9 Å². The Bertz CT molecular complexity index is 1180. The molecule has 10 nitrogen and oxygen atoms in total. The Labute approximate surface area is 169 Å². The SMILES string of the molecule is COc1ccc2c(COC(=O)CNC(=O)c3cccc([N+](=O)[O-])c3)cc(=O)oc2c1. The van der Waals surface area contributed by atoms with Crippen molar-refractivity contribution < 1.29 is 28.4 Å². The number of nitro benzene ring substituents is 1. The first-order valence-electron chi connectivity index (χ1n) is 8.66. The number of esters is 1. The highest BCUT2D eigenvalue weighted by Gasteiger charge is 2.14. The first kappa shape index (κ1) is 20.5. The molecule has 3 rings (SSSR count). The van der Waals surface area contributed by atoms with Crippen LogP contribution in [0.2, 0.25) is 0 Å². The Kier molecular flexibility index (Phi) is 6.06. The molecule has 0 saturated heterocycles. The smallest absolute Gasteiger partial charge is 0.336 e. The van der Waals surface area contributed by atoms with E-state index in [2.05, 4.69) is 5.32 Å². The molecular formula is C20H16N2O8. The van der Waals surface area contributed by atoms with Crippen molar-refractivity contribution in [2.45, 2.75) is 6.61 Å². The largest absolute Gasteiger partial charge is 0.497 e. The minimum absolute atomic E-state index is 0.0395. The molecule has 1 heterocycles. The fraction of sp³-hybridized carbons (Fsp3) is 0.150. The predicted octanol–water partition coefficient (Wildman–Crippen LogP) is 2.18. The topological polar surface area (TPSA) is 138 Å². The molecule has 2 aromatic carbocycles. The van der Waals surface area contributed by atoms with E-state index in [0.717, 1.165) is 6.07 Å². The molecule has 154 valence electrons. The number of hydrogen-bond donors (Lipinski definition) is 1. The summed E-state index contributed by atoms with van der Waals surface area (Å²) < 4.78 is 15.3. The molecule has 3 aromatic rings. The number of non-ortho nitro benzene ring substituents is 1. The molecule has 1 N–H and O–H groups in total. The van der Waals surface area contributed by atoms with Gasteiger partial charge < -0.3 is 19.2 Å². The van der Waals surface area contributed by atoms with Gasteiger partial charge in [-0.3, -0.25) is 19.7 Å². The van der Waals surface area contributed by atoms with Gasteiger partial charge in [-0.05, 0) is 18.2 Å². The molecule has 0 spiro atoms. The van der Waals surface area contributed by atoms with Crippen molar-refractivity contribution >= 4 is 28.5 Å². The van der Waals surface area contributed by atoms with E-state index in [1.54, 1.807) is 18.2 Å². The Balaban J connectivity index is 1.62. The molecule has 0 aliphatic rings. The van der Waals surface area contributed by atoms with Crippen molar-refractivity contribution in [1.29, 1.82) is 0 Å². The van der Waals surface area contributed by atoms with Crippen molar-refractivity contribution in [2.75, 3.05) is 13.7 Å². The number of amides is 1. The van der Waals surface area contributed by atoms with Gasteiger partial charge in [-0.25, -0.2) is 4.79 Å². The van der Waals surface area contributed by atoms with Gasteiger partial charge in [-0.1, -0.05) is 6.07 Å². The number of carbonyl (C=O) groups is 2. The van der Waals surface area contributed by atoms with Crippen molar-refractivity contribution in [2.24, 2.45) is 0 Å². The van der Waals surface area contributed by atoms with Crippen molar-refractivity contribution in [3.63, 3.8) is 0 Å². The Morgan fingerprint density at radius 1 is 1.17 bits per heavy atom. The molecule has 0 fully saturated rings. The van der Waals surface area contributed by atoms with Gasteiger partial charge in [-0.15, -0.1) is 0 Å². The Morgan fingerprint density at radius 2 is 1.97 bits per heavy atom. The van der Waals surface area contributed by atoms with Crippen molar-refractivity contribution in [3.8, 4) is 5.75 Å². The second kappa shape index (κ2) is 8.86. The standard InChI is InChI=1S/C20H16N2O8/c1-28-15-5-6-16-13(8-18(23)30-17(16)9-15)11-29-19(24)10-21-20(25)12-3-2-4-14(7-12)22(26)27/h2-9H,10-11H2,1H3,(H,21,25). The van der Waals surface area contributed by atoms with Crippen LogP contribution in [0.15, 0.2) is 57.7 Å². The minimum Gasteiger partial charge on any atom is -0.497 e. The number of methoxy groups -OCH3 is 1. The van der Waals surface area contributed by atoms with Gasteiger partial charge in [0.05, 0.1) is 12.0 Å². The number of nitro groups is 1. The van der Waals surface area contributed by atoms with Crippen LogP contribution in [0.5, 0.6) is 5.75 Å². The summed E-state index contributed by atoms with van der Waals surface area (Å²) in [6.07, 6.45) is 0. The summed E-state index contributed by atoms with van der Waals surface area (Å²) in [4.78, 5) is 46.0. The molecule has 0 aliphatic carbocycles. The summed E-state index contributed by atoms with van der Waals surface area (Å²) in [5.74, 6) is -0.902. The quantitative estimate of drug-likeness (QED) is 0.270. The third kappa shape index (κ3) is 4.79. The van der Waals surface area contributed by atoms with E-state index in [-0.39, 0.29) is 23.4 Å². The lowest BCUT2D eigenvalue weighted by Crippen LogP contribution is -2.30. The molecule has 1 amide bonds. The molecule has 0 atom stereocenters. The van der Waals surface area contributed by atoms with Gasteiger partial charge in [0.25, 0.3) is 11.6 Å². The summed E-state index contributed by atoms with van der Waals surface area (Å²) in [5, 5.41) is 13.7. The molecule has 0 unspecified atom stereocenters. The van der Waals surface area contributed by atoms with Crippen molar-refractivity contribution in [1.82, 2.24) is 5.32 Å².